The van der Waals surface area contributed by atoms with Crippen LogP contribution >= 0.6 is 0 Å². The Hall–Kier alpha value is -1.96. The Morgan fingerprint density at radius 1 is 0.839 bits per heavy atom. The van der Waals surface area contributed by atoms with Crippen molar-refractivity contribution in [2.75, 3.05) is 0 Å². The quantitative estimate of drug-likeness (QED) is 0.501. The van der Waals surface area contributed by atoms with Crippen LogP contribution in [-0.2, 0) is 10.8 Å². The molecule has 0 aromatic heterocycles. The van der Waals surface area contributed by atoms with Crippen molar-refractivity contribution in [3.63, 3.8) is 0 Å². The summed E-state index contributed by atoms with van der Waals surface area (Å²) >= 11 is 0. The Morgan fingerprint density at radius 2 is 1.32 bits per heavy atom. The molecule has 0 spiro atoms. The summed E-state index contributed by atoms with van der Waals surface area (Å²) in [7, 11) is 0. The number of hydrogen-bond acceptors (Lipinski definition) is 2. The molecule has 2 aromatic carbocycles. The lowest BCUT2D eigenvalue weighted by Gasteiger charge is -2.31. The fourth-order valence-corrected chi connectivity index (χ4v) is 4.10. The van der Waals surface area contributed by atoms with Gasteiger partial charge in [0.05, 0.1) is 0 Å². The van der Waals surface area contributed by atoms with Gasteiger partial charge in [0.2, 0.25) is 0 Å². The lowest BCUT2D eigenvalue weighted by atomic mass is 9.78. The Balaban J connectivity index is 2.80. The zero-order valence-corrected chi connectivity index (χ0v) is 21.7. The minimum Gasteiger partial charge on any atom is -0.507 e. The van der Waals surface area contributed by atoms with E-state index in [4.69, 9.17) is 4.74 Å². The number of aromatic hydroxyl groups is 1. The molecule has 0 fully saturated rings. The van der Waals surface area contributed by atoms with E-state index in [0.717, 1.165) is 35.5 Å². The summed E-state index contributed by atoms with van der Waals surface area (Å²) in [6, 6.07) is 8.62. The molecular formula is C29H44O2. The summed E-state index contributed by atoms with van der Waals surface area (Å²) < 4.78 is 6.79. The zero-order chi connectivity index (χ0) is 23.7. The summed E-state index contributed by atoms with van der Waals surface area (Å²) in [4.78, 5) is 0. The minimum atomic E-state index is -0.0589. The Bertz CT molecular complexity index is 875. The second-order valence-electron chi connectivity index (χ2n) is 11.3. The molecule has 31 heavy (non-hydrogen) atoms. The highest BCUT2D eigenvalue weighted by molar-refractivity contribution is 5.57. The van der Waals surface area contributed by atoms with Crippen LogP contribution in [0.4, 0.5) is 0 Å². The lowest BCUT2D eigenvalue weighted by molar-refractivity contribution is 0.408. The number of phenolic OH excluding ortho intramolecular Hbond substituents is 1. The summed E-state index contributed by atoms with van der Waals surface area (Å²) in [6.45, 7) is 24.2. The normalized spacial score (nSPS) is 14.4. The third kappa shape index (κ3) is 5.45. The van der Waals surface area contributed by atoms with E-state index in [0.29, 0.717) is 11.7 Å². The molecule has 2 atom stereocenters. The number of aryl methyl sites for hydroxylation is 1. The van der Waals surface area contributed by atoms with E-state index >= 15 is 0 Å². The van der Waals surface area contributed by atoms with Gasteiger partial charge in [-0.25, -0.2) is 0 Å². The molecule has 172 valence electrons. The van der Waals surface area contributed by atoms with Gasteiger partial charge in [0, 0.05) is 16.7 Å². The van der Waals surface area contributed by atoms with E-state index in [-0.39, 0.29) is 16.7 Å². The minimum absolute atomic E-state index is 0.0589. The smallest absolute Gasteiger partial charge is 0.134 e. The number of phenols is 1. The lowest BCUT2D eigenvalue weighted by Crippen LogP contribution is -2.19. The van der Waals surface area contributed by atoms with Gasteiger partial charge in [0.25, 0.3) is 0 Å². The van der Waals surface area contributed by atoms with E-state index in [1.54, 1.807) is 0 Å². The molecule has 2 rings (SSSR count). The molecule has 0 aliphatic carbocycles. The molecule has 0 saturated heterocycles. The summed E-state index contributed by atoms with van der Waals surface area (Å²) in [5.41, 5.74) is 5.49. The van der Waals surface area contributed by atoms with Gasteiger partial charge in [0.1, 0.15) is 17.2 Å². The van der Waals surface area contributed by atoms with Crippen LogP contribution in [0.5, 0.6) is 17.2 Å². The van der Waals surface area contributed by atoms with Crippen LogP contribution in [0.2, 0.25) is 0 Å². The van der Waals surface area contributed by atoms with Crippen molar-refractivity contribution in [3.8, 4) is 17.2 Å². The molecule has 0 radical (unpaired) electrons. The van der Waals surface area contributed by atoms with Gasteiger partial charge >= 0.3 is 0 Å². The highest BCUT2D eigenvalue weighted by Crippen LogP contribution is 2.47. The van der Waals surface area contributed by atoms with Crippen molar-refractivity contribution in [2.24, 2.45) is 0 Å². The Kier molecular flexibility index (Phi) is 7.56. The largest absolute Gasteiger partial charge is 0.507 e. The van der Waals surface area contributed by atoms with E-state index < -0.39 is 0 Å². The highest BCUT2D eigenvalue weighted by atomic mass is 16.5. The predicted octanol–water partition coefficient (Wildman–Crippen LogP) is 9.11. The zero-order valence-electron chi connectivity index (χ0n) is 21.7. The Morgan fingerprint density at radius 3 is 1.74 bits per heavy atom. The SMILES string of the molecule is CCC(C)c1ccc(Oc2c(C(C)(C)C)cc(C)cc2C(C)(C)C)c(C(C)CC)c1O. The van der Waals surface area contributed by atoms with Gasteiger partial charge in [-0.05, 0) is 54.1 Å². The van der Waals surface area contributed by atoms with Crippen molar-refractivity contribution in [2.45, 2.75) is 112 Å². The van der Waals surface area contributed by atoms with Gasteiger partial charge < -0.3 is 9.84 Å². The number of benzene rings is 2. The summed E-state index contributed by atoms with van der Waals surface area (Å²) in [6.07, 6.45) is 1.94. The predicted molar refractivity (Wildman–Crippen MR) is 134 cm³/mol. The molecule has 2 aromatic rings. The van der Waals surface area contributed by atoms with Crippen LogP contribution in [-0.4, -0.2) is 5.11 Å². The third-order valence-corrected chi connectivity index (χ3v) is 6.52. The maximum absolute atomic E-state index is 11.3. The maximum atomic E-state index is 11.3. The molecule has 1 N–H and O–H groups in total. The van der Waals surface area contributed by atoms with Gasteiger partial charge in [-0.1, -0.05) is 93.0 Å². The van der Waals surface area contributed by atoms with Crippen LogP contribution in [0.1, 0.15) is 122 Å². The van der Waals surface area contributed by atoms with Gasteiger partial charge in [0.15, 0.2) is 0 Å². The molecular weight excluding hydrogens is 380 g/mol. The average Bonchev–Trinajstić information content (AvgIpc) is 2.66. The molecule has 2 nitrogen and oxygen atoms in total. The number of ether oxygens (including phenoxy) is 1. The standard InChI is InChI=1S/C29H44O2/c1-12-19(4)21-14-15-24(25(26(21)30)20(5)13-2)31-27-22(28(6,7)8)16-18(3)17-23(27)29(9,10)11/h14-17,19-20,30H,12-13H2,1-11H3. The first kappa shape index (κ1) is 25.3. The van der Waals surface area contributed by atoms with Crippen LogP contribution in [0.3, 0.4) is 0 Å². The van der Waals surface area contributed by atoms with Crippen LogP contribution in [0, 0.1) is 6.92 Å². The molecule has 0 aliphatic heterocycles. The van der Waals surface area contributed by atoms with Gasteiger partial charge in [-0.15, -0.1) is 0 Å². The molecule has 0 saturated carbocycles. The topological polar surface area (TPSA) is 29.5 Å². The van der Waals surface area contributed by atoms with E-state index in [2.05, 4.69) is 94.4 Å². The number of hydrogen-bond donors (Lipinski definition) is 1. The maximum Gasteiger partial charge on any atom is 0.134 e. The molecule has 2 heteroatoms. The van der Waals surface area contributed by atoms with Crippen molar-refractivity contribution in [1.82, 2.24) is 0 Å². The molecule has 2 unspecified atom stereocenters. The van der Waals surface area contributed by atoms with Crippen molar-refractivity contribution in [1.29, 1.82) is 0 Å². The van der Waals surface area contributed by atoms with E-state index in [9.17, 15) is 5.11 Å². The van der Waals surface area contributed by atoms with Crippen molar-refractivity contribution >= 4 is 0 Å². The molecule has 0 aliphatic rings. The second kappa shape index (κ2) is 9.27. The fourth-order valence-electron chi connectivity index (χ4n) is 4.10. The second-order valence-corrected chi connectivity index (χ2v) is 11.3. The summed E-state index contributed by atoms with van der Waals surface area (Å²) in [5, 5.41) is 11.3. The van der Waals surface area contributed by atoms with Crippen LogP contribution in [0.15, 0.2) is 24.3 Å². The molecule has 0 heterocycles. The molecule has 0 bridgehead atoms. The first-order chi connectivity index (χ1) is 14.2. The first-order valence-corrected chi connectivity index (χ1v) is 11.9. The summed E-state index contributed by atoms with van der Waals surface area (Å²) in [5.74, 6) is 2.64. The van der Waals surface area contributed by atoms with Gasteiger partial charge in [-0.2, -0.15) is 0 Å². The molecule has 0 amide bonds. The van der Waals surface area contributed by atoms with Gasteiger partial charge in [-0.3, -0.25) is 0 Å². The third-order valence-electron chi connectivity index (χ3n) is 6.52. The number of rotatable bonds is 6. The van der Waals surface area contributed by atoms with Crippen LogP contribution in [0.25, 0.3) is 0 Å². The van der Waals surface area contributed by atoms with Crippen molar-refractivity contribution in [3.05, 3.63) is 52.1 Å². The Labute approximate surface area is 191 Å². The van der Waals surface area contributed by atoms with Crippen molar-refractivity contribution < 1.29 is 9.84 Å². The van der Waals surface area contributed by atoms with Crippen LogP contribution < -0.4 is 4.74 Å². The van der Waals surface area contributed by atoms with E-state index in [1.807, 2.05) is 6.07 Å². The van der Waals surface area contributed by atoms with E-state index in [1.165, 1.54) is 16.7 Å². The average molecular weight is 425 g/mol. The first-order valence-electron chi connectivity index (χ1n) is 11.9. The highest BCUT2D eigenvalue weighted by Gasteiger charge is 2.29. The fraction of sp³-hybridized carbons (Fsp3) is 0.586. The monoisotopic (exact) mass is 424 g/mol.